The van der Waals surface area contributed by atoms with E-state index in [1.54, 1.807) is 6.07 Å². The van der Waals surface area contributed by atoms with Crippen molar-refractivity contribution in [2.75, 3.05) is 25.5 Å². The smallest absolute Gasteiger partial charge is 0.292 e. The van der Waals surface area contributed by atoms with Crippen molar-refractivity contribution in [1.29, 1.82) is 0 Å². The summed E-state index contributed by atoms with van der Waals surface area (Å²) in [5.74, 6) is 0. The van der Waals surface area contributed by atoms with Crippen molar-refractivity contribution in [3.8, 4) is 0 Å². The summed E-state index contributed by atoms with van der Waals surface area (Å²) in [4.78, 5) is 10.4. The van der Waals surface area contributed by atoms with Gasteiger partial charge in [-0.2, -0.15) is 0 Å². The Balaban J connectivity index is 2.87. The lowest BCUT2D eigenvalue weighted by atomic mass is 10.1. The molecule has 0 unspecified atom stereocenters. The van der Waals surface area contributed by atoms with Crippen molar-refractivity contribution in [1.82, 2.24) is 5.32 Å². The molecule has 0 atom stereocenters. The first-order valence-electron chi connectivity index (χ1n) is 4.79. The van der Waals surface area contributed by atoms with Crippen LogP contribution in [0.5, 0.6) is 0 Å². The fraction of sp³-hybridized carbons (Fsp3) is 0.400. The normalized spacial score (nSPS) is 10.0. The number of nitro benzene ring substituents is 1. The van der Waals surface area contributed by atoms with Crippen LogP contribution >= 0.6 is 0 Å². The number of likely N-dealkylation sites (N-methyl/N-ethyl adjacent to an activating group) is 1. The molecular formula is C10H15N3O2. The molecule has 15 heavy (non-hydrogen) atoms. The first-order chi connectivity index (χ1) is 7.16. The molecule has 0 bridgehead atoms. The molecule has 0 spiro atoms. The molecule has 1 rings (SSSR count). The molecule has 0 amide bonds. The van der Waals surface area contributed by atoms with Crippen LogP contribution in [0.1, 0.15) is 5.56 Å². The van der Waals surface area contributed by atoms with Gasteiger partial charge in [0, 0.05) is 19.2 Å². The Kier molecular flexibility index (Phi) is 4.05. The Morgan fingerprint density at radius 3 is 2.73 bits per heavy atom. The zero-order valence-electron chi connectivity index (χ0n) is 8.91. The number of nitrogens with zero attached hydrogens (tertiary/aromatic N) is 1. The summed E-state index contributed by atoms with van der Waals surface area (Å²) >= 11 is 0. The van der Waals surface area contributed by atoms with E-state index in [-0.39, 0.29) is 10.6 Å². The summed E-state index contributed by atoms with van der Waals surface area (Å²) in [6.45, 7) is 3.29. The molecule has 0 aliphatic carbocycles. The lowest BCUT2D eigenvalue weighted by Crippen LogP contribution is -2.18. The maximum Gasteiger partial charge on any atom is 0.292 e. The molecule has 0 aliphatic heterocycles. The molecule has 5 heteroatoms. The fourth-order valence-electron chi connectivity index (χ4n) is 1.35. The molecule has 1 aromatic carbocycles. The summed E-state index contributed by atoms with van der Waals surface area (Å²) < 4.78 is 0. The van der Waals surface area contributed by atoms with Crippen LogP contribution in [-0.2, 0) is 0 Å². The maximum absolute atomic E-state index is 10.8. The minimum atomic E-state index is -0.366. The Labute approximate surface area is 88.6 Å². The molecule has 0 fully saturated rings. The topological polar surface area (TPSA) is 67.2 Å². The van der Waals surface area contributed by atoms with Crippen LogP contribution in [0.25, 0.3) is 0 Å². The van der Waals surface area contributed by atoms with E-state index in [1.165, 1.54) is 6.07 Å². The molecule has 5 nitrogen and oxygen atoms in total. The highest BCUT2D eigenvalue weighted by Gasteiger charge is 2.14. The van der Waals surface area contributed by atoms with Crippen LogP contribution in [-0.4, -0.2) is 25.1 Å². The predicted molar refractivity (Wildman–Crippen MR) is 60.2 cm³/mol. The minimum Gasteiger partial charge on any atom is -0.378 e. The second-order valence-electron chi connectivity index (χ2n) is 3.26. The number of hydrogen-bond donors (Lipinski definition) is 2. The lowest BCUT2D eigenvalue weighted by molar-refractivity contribution is -0.384. The Hall–Kier alpha value is -1.62. The molecule has 0 saturated carbocycles. The van der Waals surface area contributed by atoms with Crippen molar-refractivity contribution >= 4 is 11.4 Å². The van der Waals surface area contributed by atoms with Gasteiger partial charge in [-0.1, -0.05) is 12.1 Å². The van der Waals surface area contributed by atoms with Gasteiger partial charge in [-0.25, -0.2) is 0 Å². The maximum atomic E-state index is 10.8. The largest absolute Gasteiger partial charge is 0.378 e. The summed E-state index contributed by atoms with van der Waals surface area (Å²) in [6.07, 6.45) is 0. The molecule has 82 valence electrons. The summed E-state index contributed by atoms with van der Waals surface area (Å²) in [6, 6.07) is 5.06. The van der Waals surface area contributed by atoms with E-state index in [4.69, 9.17) is 0 Å². The van der Waals surface area contributed by atoms with Gasteiger partial charge in [0.25, 0.3) is 5.69 Å². The number of aryl methyl sites for hydroxylation is 1. The van der Waals surface area contributed by atoms with Crippen molar-refractivity contribution in [3.05, 3.63) is 33.9 Å². The van der Waals surface area contributed by atoms with E-state index >= 15 is 0 Å². The fourth-order valence-corrected chi connectivity index (χ4v) is 1.35. The quantitative estimate of drug-likeness (QED) is 0.438. The average Bonchev–Trinajstić information content (AvgIpc) is 2.20. The third-order valence-corrected chi connectivity index (χ3v) is 2.12. The van der Waals surface area contributed by atoms with Crippen LogP contribution in [0.3, 0.4) is 0 Å². The lowest BCUT2D eigenvalue weighted by Gasteiger charge is -2.09. The summed E-state index contributed by atoms with van der Waals surface area (Å²) in [7, 11) is 1.84. The van der Waals surface area contributed by atoms with Crippen LogP contribution in [0.4, 0.5) is 11.4 Å². The minimum absolute atomic E-state index is 0.131. The Bertz CT molecular complexity index is 353. The van der Waals surface area contributed by atoms with Crippen LogP contribution in [0, 0.1) is 17.0 Å². The van der Waals surface area contributed by atoms with Gasteiger partial charge in [-0.15, -0.1) is 0 Å². The highest BCUT2D eigenvalue weighted by Crippen LogP contribution is 2.27. The number of nitro groups is 1. The van der Waals surface area contributed by atoms with Gasteiger partial charge >= 0.3 is 0 Å². The first-order valence-corrected chi connectivity index (χ1v) is 4.79. The van der Waals surface area contributed by atoms with Crippen molar-refractivity contribution in [3.63, 3.8) is 0 Å². The van der Waals surface area contributed by atoms with E-state index in [1.807, 2.05) is 20.0 Å². The van der Waals surface area contributed by atoms with Crippen LogP contribution in [0.15, 0.2) is 18.2 Å². The molecule has 1 aromatic rings. The van der Waals surface area contributed by atoms with E-state index in [0.717, 1.165) is 12.1 Å². The third kappa shape index (κ3) is 2.92. The number of rotatable bonds is 5. The molecule has 2 N–H and O–H groups in total. The molecule has 0 aromatic heterocycles. The van der Waals surface area contributed by atoms with Crippen LogP contribution < -0.4 is 10.6 Å². The van der Waals surface area contributed by atoms with Gasteiger partial charge in [0.2, 0.25) is 0 Å². The highest BCUT2D eigenvalue weighted by atomic mass is 16.6. The number of hydrogen-bond acceptors (Lipinski definition) is 4. The molecule has 0 radical (unpaired) electrons. The standard InChI is InChI=1S/C10H15N3O2/c1-8-4-3-5-9(13(14)15)10(8)12-7-6-11-2/h3-5,11-12H,6-7H2,1-2H3. The predicted octanol–water partition coefficient (Wildman–Crippen LogP) is 1.53. The van der Waals surface area contributed by atoms with Gasteiger partial charge in [-0.05, 0) is 19.5 Å². The highest BCUT2D eigenvalue weighted by molar-refractivity contribution is 5.65. The van der Waals surface area contributed by atoms with Gasteiger partial charge < -0.3 is 10.6 Å². The summed E-state index contributed by atoms with van der Waals surface area (Å²) in [5, 5.41) is 16.8. The Morgan fingerprint density at radius 2 is 2.13 bits per heavy atom. The second-order valence-corrected chi connectivity index (χ2v) is 3.26. The van der Waals surface area contributed by atoms with E-state index < -0.39 is 0 Å². The number of anilines is 1. The monoisotopic (exact) mass is 209 g/mol. The van der Waals surface area contributed by atoms with Gasteiger partial charge in [0.15, 0.2) is 0 Å². The van der Waals surface area contributed by atoms with E-state index in [2.05, 4.69) is 10.6 Å². The average molecular weight is 209 g/mol. The van der Waals surface area contributed by atoms with Gasteiger partial charge in [0.05, 0.1) is 4.92 Å². The van der Waals surface area contributed by atoms with Crippen molar-refractivity contribution in [2.24, 2.45) is 0 Å². The zero-order chi connectivity index (χ0) is 11.3. The Morgan fingerprint density at radius 1 is 1.40 bits per heavy atom. The second kappa shape index (κ2) is 5.31. The third-order valence-electron chi connectivity index (χ3n) is 2.12. The van der Waals surface area contributed by atoms with Gasteiger partial charge in [-0.3, -0.25) is 10.1 Å². The number of para-hydroxylation sites is 1. The van der Waals surface area contributed by atoms with E-state index in [9.17, 15) is 10.1 Å². The molecule has 0 saturated heterocycles. The van der Waals surface area contributed by atoms with Crippen LogP contribution in [0.2, 0.25) is 0 Å². The molecule has 0 heterocycles. The zero-order valence-corrected chi connectivity index (χ0v) is 8.91. The molecular weight excluding hydrogens is 194 g/mol. The van der Waals surface area contributed by atoms with Crippen molar-refractivity contribution < 1.29 is 4.92 Å². The first kappa shape index (κ1) is 11.5. The van der Waals surface area contributed by atoms with Gasteiger partial charge in [0.1, 0.15) is 5.69 Å². The number of nitrogens with one attached hydrogen (secondary N) is 2. The number of benzene rings is 1. The molecule has 0 aliphatic rings. The van der Waals surface area contributed by atoms with Crippen molar-refractivity contribution in [2.45, 2.75) is 6.92 Å². The summed E-state index contributed by atoms with van der Waals surface area (Å²) in [5.41, 5.74) is 1.63. The van der Waals surface area contributed by atoms with E-state index in [0.29, 0.717) is 12.2 Å². The SMILES string of the molecule is CNCCNc1c(C)cccc1[N+](=O)[O-].